The van der Waals surface area contributed by atoms with Gasteiger partial charge in [0, 0.05) is 10.7 Å². The summed E-state index contributed by atoms with van der Waals surface area (Å²) in [5.74, 6) is -1.08. The molecule has 0 fully saturated rings. The minimum Gasteiger partial charge on any atom is -0.478 e. The molecule has 9 nitrogen and oxygen atoms in total. The van der Waals surface area contributed by atoms with Crippen molar-refractivity contribution in [2.75, 3.05) is 5.32 Å². The molecule has 0 spiro atoms. The van der Waals surface area contributed by atoms with Gasteiger partial charge in [-0.15, -0.1) is 0 Å². The fraction of sp³-hybridized carbons (Fsp3) is 0.0556. The van der Waals surface area contributed by atoms with Crippen molar-refractivity contribution in [1.29, 1.82) is 0 Å². The first-order chi connectivity index (χ1) is 13.3. The lowest BCUT2D eigenvalue weighted by molar-refractivity contribution is -0.385. The van der Waals surface area contributed by atoms with Crippen molar-refractivity contribution in [3.8, 4) is 11.6 Å². The first-order valence-electron chi connectivity index (χ1n) is 7.89. The van der Waals surface area contributed by atoms with Crippen LogP contribution < -0.4 is 10.1 Å². The number of aryl methyl sites for hydroxylation is 1. The number of carboxylic acids is 1. The zero-order chi connectivity index (χ0) is 20.3. The molecule has 142 valence electrons. The van der Waals surface area contributed by atoms with Crippen LogP contribution in [-0.2, 0) is 0 Å². The average Bonchev–Trinajstić information content (AvgIpc) is 2.65. The van der Waals surface area contributed by atoms with Crippen LogP contribution in [0.4, 0.5) is 17.2 Å². The predicted molar refractivity (Wildman–Crippen MR) is 102 cm³/mol. The summed E-state index contributed by atoms with van der Waals surface area (Å²) in [4.78, 5) is 29.6. The Hall–Kier alpha value is -3.72. The lowest BCUT2D eigenvalue weighted by Crippen LogP contribution is -2.04. The van der Waals surface area contributed by atoms with Gasteiger partial charge in [-0.05, 0) is 55.0 Å². The third kappa shape index (κ3) is 4.15. The molecule has 28 heavy (non-hydrogen) atoms. The summed E-state index contributed by atoms with van der Waals surface area (Å²) < 4.78 is 5.57. The monoisotopic (exact) mass is 400 g/mol. The first-order valence-corrected chi connectivity index (χ1v) is 8.26. The second kappa shape index (κ2) is 7.89. The highest BCUT2D eigenvalue weighted by atomic mass is 35.5. The van der Waals surface area contributed by atoms with Crippen LogP contribution in [0.25, 0.3) is 0 Å². The number of aromatic nitrogens is 2. The number of hydrogen-bond acceptors (Lipinski definition) is 7. The van der Waals surface area contributed by atoms with Gasteiger partial charge < -0.3 is 15.2 Å². The van der Waals surface area contributed by atoms with E-state index in [0.717, 1.165) is 11.9 Å². The molecule has 0 amide bonds. The van der Waals surface area contributed by atoms with Gasteiger partial charge in [0.1, 0.15) is 12.1 Å². The van der Waals surface area contributed by atoms with E-state index < -0.39 is 16.6 Å². The Morgan fingerprint density at radius 3 is 2.54 bits per heavy atom. The van der Waals surface area contributed by atoms with Gasteiger partial charge in [0.05, 0.1) is 10.5 Å². The quantitative estimate of drug-likeness (QED) is 0.454. The molecule has 0 atom stereocenters. The number of nitrogens with zero attached hydrogens (tertiary/aromatic N) is 3. The third-order valence-electron chi connectivity index (χ3n) is 3.71. The summed E-state index contributed by atoms with van der Waals surface area (Å²) >= 11 is 5.98. The van der Waals surface area contributed by atoms with E-state index in [2.05, 4.69) is 15.3 Å². The van der Waals surface area contributed by atoms with Crippen LogP contribution in [0.1, 0.15) is 15.9 Å². The number of benzene rings is 2. The molecule has 3 rings (SSSR count). The van der Waals surface area contributed by atoms with E-state index >= 15 is 0 Å². The largest absolute Gasteiger partial charge is 0.478 e. The molecule has 0 unspecified atom stereocenters. The van der Waals surface area contributed by atoms with Crippen LogP contribution >= 0.6 is 11.6 Å². The van der Waals surface area contributed by atoms with Crippen LogP contribution in [0.15, 0.2) is 48.8 Å². The van der Waals surface area contributed by atoms with Crippen LogP contribution in [0.2, 0.25) is 5.02 Å². The van der Waals surface area contributed by atoms with E-state index in [9.17, 15) is 14.9 Å². The van der Waals surface area contributed by atoms with Crippen molar-refractivity contribution < 1.29 is 19.6 Å². The van der Waals surface area contributed by atoms with E-state index in [1.807, 2.05) is 0 Å². The molecular formula is C18H13ClN4O5. The van der Waals surface area contributed by atoms with E-state index in [4.69, 9.17) is 21.4 Å². The Morgan fingerprint density at radius 2 is 1.93 bits per heavy atom. The second-order valence-electron chi connectivity index (χ2n) is 5.65. The van der Waals surface area contributed by atoms with Crippen LogP contribution in [0, 0.1) is 17.0 Å². The van der Waals surface area contributed by atoms with Crippen molar-refractivity contribution in [3.05, 3.63) is 75.1 Å². The van der Waals surface area contributed by atoms with E-state index in [-0.39, 0.29) is 17.3 Å². The Morgan fingerprint density at radius 1 is 1.21 bits per heavy atom. The summed E-state index contributed by atoms with van der Waals surface area (Å²) in [7, 11) is 0. The van der Waals surface area contributed by atoms with Crippen molar-refractivity contribution in [3.63, 3.8) is 0 Å². The Bertz CT molecular complexity index is 1060. The Balaban J connectivity index is 1.93. The van der Waals surface area contributed by atoms with Gasteiger partial charge >= 0.3 is 17.5 Å². The highest BCUT2D eigenvalue weighted by molar-refractivity contribution is 6.31. The Labute approximate surface area is 163 Å². The molecule has 2 N–H and O–H groups in total. The van der Waals surface area contributed by atoms with E-state index in [0.29, 0.717) is 16.5 Å². The van der Waals surface area contributed by atoms with Gasteiger partial charge in [-0.25, -0.2) is 9.78 Å². The molecule has 0 aliphatic heterocycles. The predicted octanol–water partition coefficient (Wildman–Crippen LogP) is 4.58. The molecule has 0 bridgehead atoms. The number of carboxylic acid groups (broad SMARTS) is 1. The smallest absolute Gasteiger partial charge is 0.373 e. The third-order valence-corrected chi connectivity index (χ3v) is 4.13. The molecule has 0 aliphatic rings. The van der Waals surface area contributed by atoms with Gasteiger partial charge in [-0.2, -0.15) is 4.98 Å². The summed E-state index contributed by atoms with van der Waals surface area (Å²) in [5, 5.41) is 23.9. The first kappa shape index (κ1) is 19.1. The summed E-state index contributed by atoms with van der Waals surface area (Å²) in [6.45, 7) is 1.78. The van der Waals surface area contributed by atoms with E-state index in [1.54, 1.807) is 25.1 Å². The molecule has 10 heteroatoms. The maximum absolute atomic E-state index is 11.6. The van der Waals surface area contributed by atoms with Gasteiger partial charge in [-0.1, -0.05) is 11.6 Å². The summed E-state index contributed by atoms with van der Waals surface area (Å²) in [6.07, 6.45) is 1.12. The fourth-order valence-corrected chi connectivity index (χ4v) is 2.44. The van der Waals surface area contributed by atoms with Crippen LogP contribution in [0.3, 0.4) is 0 Å². The molecule has 2 aromatic carbocycles. The average molecular weight is 401 g/mol. The number of aromatic carboxylic acids is 1. The number of nitrogens with one attached hydrogen (secondary N) is 1. The molecule has 1 aromatic heterocycles. The van der Waals surface area contributed by atoms with Crippen molar-refractivity contribution in [2.45, 2.75) is 6.92 Å². The molecule has 0 aliphatic carbocycles. The van der Waals surface area contributed by atoms with Crippen molar-refractivity contribution in [1.82, 2.24) is 9.97 Å². The van der Waals surface area contributed by atoms with Gasteiger partial charge in [-0.3, -0.25) is 10.1 Å². The van der Waals surface area contributed by atoms with Crippen LogP contribution in [-0.4, -0.2) is 26.0 Å². The second-order valence-corrected chi connectivity index (χ2v) is 6.06. The number of rotatable bonds is 6. The number of carbonyl (C=O) groups is 1. The molecule has 3 aromatic rings. The zero-order valence-electron chi connectivity index (χ0n) is 14.4. The lowest BCUT2D eigenvalue weighted by atomic mass is 10.2. The SMILES string of the molecule is Cc1cc(Oc2ncnc(Nc3ccc(C(=O)O)cc3)c2[N+](=O)[O-])ccc1Cl. The standard InChI is InChI=1S/C18H13ClN4O5/c1-10-8-13(6-7-14(10)19)28-17-15(23(26)27)16(20-9-21-17)22-12-4-2-11(3-5-12)18(24)25/h2-9H,1H3,(H,24,25)(H,20,21,22). The van der Waals surface area contributed by atoms with Crippen LogP contribution in [0.5, 0.6) is 11.6 Å². The lowest BCUT2D eigenvalue weighted by Gasteiger charge is -2.10. The molecule has 0 saturated heterocycles. The molecule has 0 saturated carbocycles. The maximum Gasteiger partial charge on any atom is 0.373 e. The summed E-state index contributed by atoms with van der Waals surface area (Å²) in [5.41, 5.74) is 0.787. The zero-order valence-corrected chi connectivity index (χ0v) is 15.2. The van der Waals surface area contributed by atoms with E-state index in [1.165, 1.54) is 24.3 Å². The normalized spacial score (nSPS) is 10.4. The minimum atomic E-state index is -1.08. The molecule has 0 radical (unpaired) electrons. The van der Waals surface area contributed by atoms with Crippen molar-refractivity contribution in [2.24, 2.45) is 0 Å². The fourth-order valence-electron chi connectivity index (χ4n) is 2.32. The molecule has 1 heterocycles. The van der Waals surface area contributed by atoms with Gasteiger partial charge in [0.25, 0.3) is 0 Å². The Kier molecular flexibility index (Phi) is 5.37. The topological polar surface area (TPSA) is 127 Å². The number of ether oxygens (including phenoxy) is 1. The number of nitro groups is 1. The van der Waals surface area contributed by atoms with Gasteiger partial charge in [0.15, 0.2) is 0 Å². The minimum absolute atomic E-state index is 0.0878. The highest BCUT2D eigenvalue weighted by Crippen LogP contribution is 2.36. The maximum atomic E-state index is 11.6. The van der Waals surface area contributed by atoms with Crippen molar-refractivity contribution >= 4 is 34.8 Å². The number of hydrogen-bond donors (Lipinski definition) is 2. The number of anilines is 2. The summed E-state index contributed by atoms with van der Waals surface area (Å²) in [6, 6.07) is 10.5. The number of halogens is 1. The van der Waals surface area contributed by atoms with Gasteiger partial charge in [0.2, 0.25) is 5.82 Å². The highest BCUT2D eigenvalue weighted by Gasteiger charge is 2.25. The molecular weight excluding hydrogens is 388 g/mol.